The van der Waals surface area contributed by atoms with E-state index < -0.39 is 11.7 Å². The van der Waals surface area contributed by atoms with Crippen LogP contribution in [0.2, 0.25) is 0 Å². The van der Waals surface area contributed by atoms with Crippen molar-refractivity contribution in [1.29, 1.82) is 0 Å². The van der Waals surface area contributed by atoms with E-state index in [1.165, 1.54) is 35.0 Å². The Morgan fingerprint density at radius 2 is 1.94 bits per heavy atom. The van der Waals surface area contributed by atoms with E-state index in [0.29, 0.717) is 11.3 Å². The number of hydrogen-bond acceptors (Lipinski definition) is 1. The van der Waals surface area contributed by atoms with Crippen LogP contribution in [0.25, 0.3) is 0 Å². The molecule has 0 spiro atoms. The lowest BCUT2D eigenvalue weighted by molar-refractivity contribution is 0.101. The van der Waals surface area contributed by atoms with E-state index in [1.54, 1.807) is 14.0 Å². The smallest absolute Gasteiger partial charge is 0.275 e. The number of carbonyl (C=O) groups excluding carboxylic acids is 1. The normalized spacial score (nSPS) is 10.4. The van der Waals surface area contributed by atoms with Crippen LogP contribution in [0.1, 0.15) is 16.1 Å². The van der Waals surface area contributed by atoms with Gasteiger partial charge >= 0.3 is 0 Å². The summed E-state index contributed by atoms with van der Waals surface area (Å²) < 4.78 is 27.8. The molecule has 0 saturated heterocycles. The molecule has 0 aliphatic rings. The predicted octanol–water partition coefficient (Wildman–Crippen LogP) is 2.86. The summed E-state index contributed by atoms with van der Waals surface area (Å²) in [6, 6.07) is 5.40. The van der Waals surface area contributed by atoms with Crippen LogP contribution in [-0.4, -0.2) is 10.5 Å². The zero-order valence-electron chi connectivity index (χ0n) is 10.00. The summed E-state index contributed by atoms with van der Waals surface area (Å²) in [5, 5.41) is 2.53. The molecule has 5 heteroatoms. The molecule has 3 nitrogen and oxygen atoms in total. The third-order valence-electron chi connectivity index (χ3n) is 2.65. The number of carbonyl (C=O) groups is 1. The van der Waals surface area contributed by atoms with Crippen LogP contribution in [0.3, 0.4) is 0 Å². The van der Waals surface area contributed by atoms with Crippen LogP contribution in [0.15, 0.2) is 30.5 Å². The molecule has 0 atom stereocenters. The summed E-state index contributed by atoms with van der Waals surface area (Å²) in [6.45, 7) is 1.59. The van der Waals surface area contributed by atoms with Crippen molar-refractivity contribution >= 4 is 11.6 Å². The fraction of sp³-hybridized carbons (Fsp3) is 0.154. The zero-order valence-corrected chi connectivity index (χ0v) is 10.00. The molecule has 0 fully saturated rings. The molecule has 1 N–H and O–H groups in total. The Morgan fingerprint density at radius 3 is 2.50 bits per heavy atom. The van der Waals surface area contributed by atoms with Gasteiger partial charge < -0.3 is 9.88 Å². The molecule has 0 aliphatic carbocycles. The SMILES string of the molecule is Cc1cc(NC(=O)c2c(F)ccn2C)ccc1F. The molecule has 1 heterocycles. The number of nitrogens with one attached hydrogen (secondary N) is 1. The third-order valence-corrected chi connectivity index (χ3v) is 2.65. The van der Waals surface area contributed by atoms with E-state index in [9.17, 15) is 13.6 Å². The molecule has 1 aromatic carbocycles. The van der Waals surface area contributed by atoms with Gasteiger partial charge in [0.25, 0.3) is 5.91 Å². The number of amides is 1. The second-order valence-electron chi connectivity index (χ2n) is 4.04. The predicted molar refractivity (Wildman–Crippen MR) is 64.5 cm³/mol. The van der Waals surface area contributed by atoms with Crippen molar-refractivity contribution in [2.24, 2.45) is 7.05 Å². The van der Waals surface area contributed by atoms with Crippen molar-refractivity contribution in [3.8, 4) is 0 Å². The van der Waals surface area contributed by atoms with Gasteiger partial charge in [-0.25, -0.2) is 8.78 Å². The number of aromatic nitrogens is 1. The van der Waals surface area contributed by atoms with Crippen molar-refractivity contribution in [2.75, 3.05) is 5.32 Å². The van der Waals surface area contributed by atoms with Crippen LogP contribution in [-0.2, 0) is 7.05 Å². The van der Waals surface area contributed by atoms with E-state index in [0.717, 1.165) is 0 Å². The second kappa shape index (κ2) is 4.60. The second-order valence-corrected chi connectivity index (χ2v) is 4.04. The summed E-state index contributed by atoms with van der Waals surface area (Å²) in [7, 11) is 1.58. The molecular weight excluding hydrogens is 238 g/mol. The van der Waals surface area contributed by atoms with Gasteiger partial charge in [-0.2, -0.15) is 0 Å². The van der Waals surface area contributed by atoms with Crippen molar-refractivity contribution in [3.05, 3.63) is 53.4 Å². The van der Waals surface area contributed by atoms with Crippen LogP contribution in [0.5, 0.6) is 0 Å². The standard InChI is InChI=1S/C13H12F2N2O/c1-8-7-9(3-4-10(8)14)16-13(18)12-11(15)5-6-17(12)2/h3-7H,1-2H3,(H,16,18). The van der Waals surface area contributed by atoms with Crippen molar-refractivity contribution in [1.82, 2.24) is 4.57 Å². The van der Waals surface area contributed by atoms with Gasteiger partial charge in [0.05, 0.1) is 0 Å². The third kappa shape index (κ3) is 2.25. The Morgan fingerprint density at radius 1 is 1.22 bits per heavy atom. The lowest BCUT2D eigenvalue weighted by atomic mass is 10.2. The van der Waals surface area contributed by atoms with Gasteiger partial charge in [0.2, 0.25) is 0 Å². The highest BCUT2D eigenvalue weighted by atomic mass is 19.1. The first kappa shape index (κ1) is 12.3. The van der Waals surface area contributed by atoms with E-state index in [1.807, 2.05) is 0 Å². The van der Waals surface area contributed by atoms with Gasteiger partial charge in [-0.15, -0.1) is 0 Å². The fourth-order valence-electron chi connectivity index (χ4n) is 1.68. The van der Waals surface area contributed by atoms with Crippen LogP contribution < -0.4 is 5.32 Å². The summed E-state index contributed by atoms with van der Waals surface area (Å²) in [5.41, 5.74) is 0.789. The molecule has 1 amide bonds. The molecule has 0 aliphatic heterocycles. The molecular formula is C13H12F2N2O. The van der Waals surface area contributed by atoms with Gasteiger partial charge in [0, 0.05) is 18.9 Å². The maximum atomic E-state index is 13.4. The number of rotatable bonds is 2. The van der Waals surface area contributed by atoms with Crippen LogP contribution >= 0.6 is 0 Å². The summed E-state index contributed by atoms with van der Waals surface area (Å²) in [4.78, 5) is 11.8. The van der Waals surface area contributed by atoms with Crippen molar-refractivity contribution < 1.29 is 13.6 Å². The number of anilines is 1. The number of hydrogen-bond donors (Lipinski definition) is 1. The summed E-state index contributed by atoms with van der Waals surface area (Å²) in [5.74, 6) is -1.50. The highest BCUT2D eigenvalue weighted by Gasteiger charge is 2.15. The average molecular weight is 250 g/mol. The molecule has 18 heavy (non-hydrogen) atoms. The van der Waals surface area contributed by atoms with Crippen LogP contribution in [0.4, 0.5) is 14.5 Å². The van der Waals surface area contributed by atoms with E-state index in [2.05, 4.69) is 5.32 Å². The maximum absolute atomic E-state index is 13.4. The fourth-order valence-corrected chi connectivity index (χ4v) is 1.68. The lowest BCUT2D eigenvalue weighted by Crippen LogP contribution is -2.17. The van der Waals surface area contributed by atoms with E-state index in [4.69, 9.17) is 0 Å². The van der Waals surface area contributed by atoms with Gasteiger partial charge in [0.1, 0.15) is 11.5 Å². The topological polar surface area (TPSA) is 34.0 Å². The van der Waals surface area contributed by atoms with Gasteiger partial charge in [-0.1, -0.05) is 0 Å². The highest BCUT2D eigenvalue weighted by Crippen LogP contribution is 2.16. The molecule has 0 bridgehead atoms. The Hall–Kier alpha value is -2.17. The molecule has 2 rings (SSSR count). The Labute approximate surface area is 103 Å². The van der Waals surface area contributed by atoms with Crippen molar-refractivity contribution in [3.63, 3.8) is 0 Å². The van der Waals surface area contributed by atoms with Crippen molar-refractivity contribution in [2.45, 2.75) is 6.92 Å². The largest absolute Gasteiger partial charge is 0.344 e. The minimum atomic E-state index is -0.589. The molecule has 2 aromatic rings. The Kier molecular flexibility index (Phi) is 3.14. The molecule has 1 aromatic heterocycles. The van der Waals surface area contributed by atoms with Gasteiger partial charge in [0.15, 0.2) is 5.82 Å². The first-order valence-corrected chi connectivity index (χ1v) is 5.37. The number of aryl methyl sites for hydroxylation is 2. The Balaban J connectivity index is 2.24. The summed E-state index contributed by atoms with van der Waals surface area (Å²) in [6.07, 6.45) is 1.46. The summed E-state index contributed by atoms with van der Waals surface area (Å²) >= 11 is 0. The monoisotopic (exact) mass is 250 g/mol. The molecule has 0 radical (unpaired) electrons. The maximum Gasteiger partial charge on any atom is 0.275 e. The van der Waals surface area contributed by atoms with Gasteiger partial charge in [-0.3, -0.25) is 4.79 Å². The number of benzene rings is 1. The lowest BCUT2D eigenvalue weighted by Gasteiger charge is -2.07. The number of halogens is 2. The number of nitrogens with zero attached hydrogens (tertiary/aromatic N) is 1. The first-order valence-electron chi connectivity index (χ1n) is 5.37. The molecule has 0 unspecified atom stereocenters. The van der Waals surface area contributed by atoms with E-state index >= 15 is 0 Å². The average Bonchev–Trinajstić information content (AvgIpc) is 2.64. The molecule has 94 valence electrons. The highest BCUT2D eigenvalue weighted by molar-refractivity contribution is 6.03. The van der Waals surface area contributed by atoms with Gasteiger partial charge in [-0.05, 0) is 36.8 Å². The minimum Gasteiger partial charge on any atom is -0.344 e. The first-order chi connectivity index (χ1) is 8.49. The zero-order chi connectivity index (χ0) is 13.3. The molecule has 0 saturated carbocycles. The minimum absolute atomic E-state index is 0.0584. The van der Waals surface area contributed by atoms with Crippen LogP contribution in [0, 0.1) is 18.6 Å². The quantitative estimate of drug-likeness (QED) is 0.873. The van der Waals surface area contributed by atoms with E-state index in [-0.39, 0.29) is 11.5 Å². The Bertz CT molecular complexity index is 586.